The van der Waals surface area contributed by atoms with E-state index in [0.717, 1.165) is 24.1 Å². The molecule has 2 aliphatic rings. The third kappa shape index (κ3) is 3.09. The average molecular weight is 327 g/mol. The van der Waals surface area contributed by atoms with E-state index >= 15 is 0 Å². The van der Waals surface area contributed by atoms with Crippen molar-refractivity contribution in [1.82, 2.24) is 10.2 Å². The van der Waals surface area contributed by atoms with E-state index in [-0.39, 0.29) is 23.9 Å². The Kier molecular flexibility index (Phi) is 4.22. The Bertz CT molecular complexity index is 556. The van der Waals surface area contributed by atoms with Gasteiger partial charge in [-0.05, 0) is 37.3 Å². The molecular formula is C15H19ClN2O2S. The van der Waals surface area contributed by atoms with Gasteiger partial charge in [0.05, 0.1) is 10.9 Å². The minimum atomic E-state index is -0.349. The molecule has 1 aliphatic carbocycles. The number of hydrogen-bond acceptors (Lipinski definition) is 3. The first-order chi connectivity index (χ1) is 10.1. The Labute approximate surface area is 133 Å². The molecule has 1 aliphatic heterocycles. The lowest BCUT2D eigenvalue weighted by molar-refractivity contribution is -0.151. The molecule has 4 nitrogen and oxygen atoms in total. The van der Waals surface area contributed by atoms with Gasteiger partial charge in [-0.15, -0.1) is 11.3 Å². The van der Waals surface area contributed by atoms with Crippen LogP contribution in [0.3, 0.4) is 0 Å². The second-order valence-corrected chi connectivity index (χ2v) is 7.60. The maximum absolute atomic E-state index is 12.7. The van der Waals surface area contributed by atoms with E-state index in [1.807, 2.05) is 19.1 Å². The Balaban J connectivity index is 1.82. The summed E-state index contributed by atoms with van der Waals surface area (Å²) < 4.78 is 0.713. The molecule has 1 N–H and O–H groups in total. The molecule has 0 bridgehead atoms. The summed E-state index contributed by atoms with van der Waals surface area (Å²) in [6.07, 6.45) is 3.65. The average Bonchev–Trinajstić information content (AvgIpc) is 3.21. The highest BCUT2D eigenvalue weighted by Crippen LogP contribution is 2.36. The van der Waals surface area contributed by atoms with Crippen molar-refractivity contribution < 1.29 is 9.59 Å². The smallest absolute Gasteiger partial charge is 0.246 e. The highest BCUT2D eigenvalue weighted by atomic mass is 35.5. The molecule has 6 heteroatoms. The van der Waals surface area contributed by atoms with Crippen LogP contribution < -0.4 is 5.32 Å². The summed E-state index contributed by atoms with van der Waals surface area (Å²) in [6.45, 7) is 2.52. The molecule has 2 unspecified atom stereocenters. The molecule has 2 heterocycles. The Hall–Kier alpha value is -1.07. The van der Waals surface area contributed by atoms with Crippen molar-refractivity contribution in [2.24, 2.45) is 5.92 Å². The number of nitrogens with one attached hydrogen (secondary N) is 1. The quantitative estimate of drug-likeness (QED) is 0.904. The van der Waals surface area contributed by atoms with Gasteiger partial charge in [0.2, 0.25) is 11.8 Å². The monoisotopic (exact) mass is 326 g/mol. The third-order valence-electron chi connectivity index (χ3n) is 4.14. The van der Waals surface area contributed by atoms with E-state index in [2.05, 4.69) is 5.32 Å². The van der Waals surface area contributed by atoms with Crippen molar-refractivity contribution >= 4 is 34.8 Å². The molecule has 0 radical (unpaired) electrons. The van der Waals surface area contributed by atoms with Gasteiger partial charge >= 0.3 is 0 Å². The van der Waals surface area contributed by atoms with E-state index in [9.17, 15) is 9.59 Å². The number of halogens is 1. The Morgan fingerprint density at radius 3 is 2.71 bits per heavy atom. The fourth-order valence-electron chi connectivity index (χ4n) is 2.89. The summed E-state index contributed by atoms with van der Waals surface area (Å²) in [7, 11) is 0. The first-order valence-corrected chi connectivity index (χ1v) is 8.64. The van der Waals surface area contributed by atoms with Crippen molar-refractivity contribution in [3.05, 3.63) is 21.3 Å². The number of piperazine rings is 1. The van der Waals surface area contributed by atoms with Crippen LogP contribution in [0.2, 0.25) is 4.34 Å². The fourth-order valence-corrected chi connectivity index (χ4v) is 3.97. The van der Waals surface area contributed by atoms with Gasteiger partial charge in [-0.25, -0.2) is 0 Å². The normalized spacial score (nSPS) is 26.1. The summed E-state index contributed by atoms with van der Waals surface area (Å²) >= 11 is 7.44. The zero-order valence-electron chi connectivity index (χ0n) is 12.0. The van der Waals surface area contributed by atoms with Crippen LogP contribution in [0.5, 0.6) is 0 Å². The predicted octanol–water partition coefficient (Wildman–Crippen LogP) is 2.81. The maximum Gasteiger partial charge on any atom is 0.246 e. The van der Waals surface area contributed by atoms with E-state index in [4.69, 9.17) is 11.6 Å². The van der Waals surface area contributed by atoms with Gasteiger partial charge in [-0.2, -0.15) is 0 Å². The van der Waals surface area contributed by atoms with Crippen LogP contribution in [0.1, 0.15) is 37.5 Å². The first kappa shape index (κ1) is 14.9. The minimum Gasteiger partial charge on any atom is -0.342 e. The van der Waals surface area contributed by atoms with Gasteiger partial charge in [0.15, 0.2) is 0 Å². The molecule has 2 amide bonds. The van der Waals surface area contributed by atoms with E-state index < -0.39 is 0 Å². The number of carbonyl (C=O) groups is 2. The molecule has 0 spiro atoms. The van der Waals surface area contributed by atoms with Gasteiger partial charge in [-0.3, -0.25) is 9.59 Å². The largest absolute Gasteiger partial charge is 0.342 e. The zero-order chi connectivity index (χ0) is 15.0. The number of hydrogen-bond donors (Lipinski definition) is 1. The summed E-state index contributed by atoms with van der Waals surface area (Å²) in [4.78, 5) is 27.9. The number of rotatable bonds is 5. The van der Waals surface area contributed by atoms with Crippen LogP contribution in [-0.4, -0.2) is 28.8 Å². The zero-order valence-corrected chi connectivity index (χ0v) is 13.5. The first-order valence-electron chi connectivity index (χ1n) is 7.45. The predicted molar refractivity (Wildman–Crippen MR) is 83.2 cm³/mol. The SMILES string of the molecule is CCCC1C(=O)NC(C2CC2)C(=O)N1Cc1ccc(Cl)s1. The molecule has 2 atom stereocenters. The lowest BCUT2D eigenvalue weighted by atomic mass is 10.0. The molecule has 1 saturated carbocycles. The van der Waals surface area contributed by atoms with Crippen molar-refractivity contribution in [2.45, 2.75) is 51.2 Å². The number of nitrogens with zero attached hydrogens (tertiary/aromatic N) is 1. The summed E-state index contributed by atoms with van der Waals surface area (Å²) in [5.41, 5.74) is 0. The van der Waals surface area contributed by atoms with Crippen molar-refractivity contribution in [1.29, 1.82) is 0 Å². The van der Waals surface area contributed by atoms with Crippen LogP contribution in [0, 0.1) is 5.92 Å². The summed E-state index contributed by atoms with van der Waals surface area (Å²) in [5, 5.41) is 2.93. The van der Waals surface area contributed by atoms with E-state index in [1.165, 1.54) is 11.3 Å². The maximum atomic E-state index is 12.7. The lowest BCUT2D eigenvalue weighted by Crippen LogP contribution is -2.63. The number of amides is 2. The summed E-state index contributed by atoms with van der Waals surface area (Å²) in [5.74, 6) is 0.398. The molecule has 1 aromatic rings. The van der Waals surface area contributed by atoms with Crippen LogP contribution >= 0.6 is 22.9 Å². The van der Waals surface area contributed by atoms with Gasteiger partial charge in [0.25, 0.3) is 0 Å². The summed E-state index contributed by atoms with van der Waals surface area (Å²) in [6, 6.07) is 3.10. The molecule has 21 heavy (non-hydrogen) atoms. The van der Waals surface area contributed by atoms with Crippen LogP contribution in [0.15, 0.2) is 12.1 Å². The van der Waals surface area contributed by atoms with Crippen molar-refractivity contribution in [3.8, 4) is 0 Å². The van der Waals surface area contributed by atoms with E-state index in [1.54, 1.807) is 4.90 Å². The van der Waals surface area contributed by atoms with Crippen LogP contribution in [0.25, 0.3) is 0 Å². The number of carbonyl (C=O) groups excluding carboxylic acids is 2. The molecule has 1 saturated heterocycles. The highest BCUT2D eigenvalue weighted by molar-refractivity contribution is 7.16. The van der Waals surface area contributed by atoms with Gasteiger partial charge in [-0.1, -0.05) is 24.9 Å². The van der Waals surface area contributed by atoms with Gasteiger partial charge < -0.3 is 10.2 Å². The highest BCUT2D eigenvalue weighted by Gasteiger charge is 2.46. The Morgan fingerprint density at radius 1 is 1.38 bits per heavy atom. The third-order valence-corrected chi connectivity index (χ3v) is 5.35. The lowest BCUT2D eigenvalue weighted by Gasteiger charge is -2.39. The van der Waals surface area contributed by atoms with Crippen LogP contribution in [-0.2, 0) is 16.1 Å². The molecule has 1 aromatic heterocycles. The van der Waals surface area contributed by atoms with E-state index in [0.29, 0.717) is 23.2 Å². The molecule has 0 aromatic carbocycles. The van der Waals surface area contributed by atoms with Crippen LogP contribution in [0.4, 0.5) is 0 Å². The second-order valence-electron chi connectivity index (χ2n) is 5.80. The molecule has 2 fully saturated rings. The second kappa shape index (κ2) is 5.97. The topological polar surface area (TPSA) is 49.4 Å². The number of thiophene rings is 1. The fraction of sp³-hybridized carbons (Fsp3) is 0.600. The standard InChI is InChI=1S/C15H19ClN2O2S/c1-2-3-11-14(19)17-13(9-4-5-9)15(20)18(11)8-10-6-7-12(16)21-10/h6-7,9,11,13H,2-5,8H2,1H3,(H,17,19). The van der Waals surface area contributed by atoms with Gasteiger partial charge in [0, 0.05) is 4.88 Å². The minimum absolute atomic E-state index is 0.00370. The molecule has 3 rings (SSSR count). The molecule has 114 valence electrons. The van der Waals surface area contributed by atoms with Crippen molar-refractivity contribution in [2.75, 3.05) is 0 Å². The van der Waals surface area contributed by atoms with Crippen molar-refractivity contribution in [3.63, 3.8) is 0 Å². The molecular weight excluding hydrogens is 308 g/mol. The Morgan fingerprint density at radius 2 is 2.14 bits per heavy atom. The van der Waals surface area contributed by atoms with Gasteiger partial charge in [0.1, 0.15) is 12.1 Å².